The third kappa shape index (κ3) is 3.41. The zero-order valence-electron chi connectivity index (χ0n) is 5.92. The Hall–Kier alpha value is -1.79. The van der Waals surface area contributed by atoms with E-state index in [1.54, 1.807) is 0 Å². The third-order valence-electron chi connectivity index (χ3n) is 0.855. The molecule has 0 saturated heterocycles. The molecule has 0 fully saturated rings. The Morgan fingerprint density at radius 1 is 1.00 bits per heavy atom. The molecule has 0 aromatic rings. The molecule has 0 spiro atoms. The SMILES string of the molecule is O=C(O)/C(F)=C/C(F)=C(\F)C(=O)O. The highest BCUT2D eigenvalue weighted by Gasteiger charge is 2.15. The van der Waals surface area contributed by atoms with E-state index in [0.717, 1.165) is 0 Å². The van der Waals surface area contributed by atoms with E-state index >= 15 is 0 Å². The van der Waals surface area contributed by atoms with Crippen molar-refractivity contribution < 1.29 is 33.0 Å². The van der Waals surface area contributed by atoms with Crippen molar-refractivity contribution in [1.82, 2.24) is 0 Å². The van der Waals surface area contributed by atoms with Crippen LogP contribution in [0.1, 0.15) is 0 Å². The molecule has 7 heteroatoms. The van der Waals surface area contributed by atoms with Gasteiger partial charge in [0.15, 0.2) is 5.83 Å². The summed E-state index contributed by atoms with van der Waals surface area (Å²) in [7, 11) is 0. The summed E-state index contributed by atoms with van der Waals surface area (Å²) in [6, 6.07) is 0. The number of carboxylic acid groups (broad SMARTS) is 2. The second-order valence-electron chi connectivity index (χ2n) is 1.76. The quantitative estimate of drug-likeness (QED) is 0.524. The minimum atomic E-state index is -2.25. The molecule has 72 valence electrons. The highest BCUT2D eigenvalue weighted by molar-refractivity contribution is 5.87. The first-order chi connectivity index (χ1) is 5.86. The fourth-order valence-electron chi connectivity index (χ4n) is 0.339. The Kier molecular flexibility index (Phi) is 3.70. The Morgan fingerprint density at radius 2 is 1.46 bits per heavy atom. The van der Waals surface area contributed by atoms with Gasteiger partial charge in [-0.2, -0.15) is 8.78 Å². The lowest BCUT2D eigenvalue weighted by Crippen LogP contribution is -1.99. The molecule has 4 nitrogen and oxygen atoms in total. The first-order valence-corrected chi connectivity index (χ1v) is 2.75. The van der Waals surface area contributed by atoms with Crippen LogP contribution in [0.4, 0.5) is 13.2 Å². The summed E-state index contributed by atoms with van der Waals surface area (Å²) < 4.78 is 36.3. The van der Waals surface area contributed by atoms with E-state index in [4.69, 9.17) is 10.2 Å². The van der Waals surface area contributed by atoms with E-state index in [1.807, 2.05) is 0 Å². The Labute approximate surface area is 69.6 Å². The molecule has 0 heterocycles. The molecule has 0 amide bonds. The fourth-order valence-corrected chi connectivity index (χ4v) is 0.339. The molecule has 0 bridgehead atoms. The molecule has 0 aliphatic carbocycles. The van der Waals surface area contributed by atoms with Crippen LogP contribution in [0, 0.1) is 0 Å². The summed E-state index contributed by atoms with van der Waals surface area (Å²) in [4.78, 5) is 19.4. The lowest BCUT2D eigenvalue weighted by Gasteiger charge is -1.90. The Bertz CT molecular complexity index is 305. The van der Waals surface area contributed by atoms with Crippen molar-refractivity contribution >= 4 is 11.9 Å². The van der Waals surface area contributed by atoms with Crippen LogP contribution in [-0.2, 0) is 9.59 Å². The molecule has 0 radical (unpaired) electrons. The van der Waals surface area contributed by atoms with Crippen molar-refractivity contribution in [2.24, 2.45) is 0 Å². The topological polar surface area (TPSA) is 74.6 Å². The van der Waals surface area contributed by atoms with Crippen LogP contribution in [0.5, 0.6) is 0 Å². The number of halogens is 3. The standard InChI is InChI=1S/C6H3F3O4/c7-2(4(9)6(12)13)1-3(8)5(10)11/h1H,(H,10,11)(H,12,13)/b3-1-,4-2+. The van der Waals surface area contributed by atoms with Crippen molar-refractivity contribution in [2.75, 3.05) is 0 Å². The van der Waals surface area contributed by atoms with Crippen molar-refractivity contribution in [2.45, 2.75) is 0 Å². The number of allylic oxidation sites excluding steroid dienone is 2. The number of rotatable bonds is 3. The lowest BCUT2D eigenvalue weighted by atomic mass is 10.4. The van der Waals surface area contributed by atoms with Crippen molar-refractivity contribution in [1.29, 1.82) is 0 Å². The van der Waals surface area contributed by atoms with Crippen molar-refractivity contribution in [3.63, 3.8) is 0 Å². The largest absolute Gasteiger partial charge is 0.476 e. The summed E-state index contributed by atoms with van der Waals surface area (Å²) in [6.45, 7) is 0. The molecule has 13 heavy (non-hydrogen) atoms. The van der Waals surface area contributed by atoms with Gasteiger partial charge in [0.05, 0.1) is 0 Å². The number of carbonyl (C=O) groups is 2. The van der Waals surface area contributed by atoms with Gasteiger partial charge in [-0.05, 0) is 0 Å². The van der Waals surface area contributed by atoms with Gasteiger partial charge in [-0.15, -0.1) is 0 Å². The molecule has 0 aliphatic rings. The lowest BCUT2D eigenvalue weighted by molar-refractivity contribution is -0.135. The summed E-state index contributed by atoms with van der Waals surface area (Å²) in [6.07, 6.45) is -0.369. The van der Waals surface area contributed by atoms with Crippen LogP contribution in [0.15, 0.2) is 23.6 Å². The molecule has 0 aromatic carbocycles. The van der Waals surface area contributed by atoms with E-state index in [0.29, 0.717) is 0 Å². The average molecular weight is 196 g/mol. The molecule has 0 atom stereocenters. The minimum Gasteiger partial charge on any atom is -0.476 e. The van der Waals surface area contributed by atoms with Crippen molar-refractivity contribution in [3.8, 4) is 0 Å². The Morgan fingerprint density at radius 3 is 1.77 bits per heavy atom. The Balaban J connectivity index is 4.92. The van der Waals surface area contributed by atoms with E-state index in [-0.39, 0.29) is 6.08 Å². The van der Waals surface area contributed by atoms with Gasteiger partial charge in [0.25, 0.3) is 0 Å². The highest BCUT2D eigenvalue weighted by Crippen LogP contribution is 2.12. The van der Waals surface area contributed by atoms with E-state index in [9.17, 15) is 22.8 Å². The fraction of sp³-hybridized carbons (Fsp3) is 0. The van der Waals surface area contributed by atoms with Crippen LogP contribution < -0.4 is 0 Å². The van der Waals surface area contributed by atoms with Gasteiger partial charge in [-0.25, -0.2) is 14.0 Å². The molecule has 0 aliphatic heterocycles. The second kappa shape index (κ2) is 4.29. The summed E-state index contributed by atoms with van der Waals surface area (Å²) in [5, 5.41) is 15.7. The predicted molar refractivity (Wildman–Crippen MR) is 33.7 cm³/mol. The predicted octanol–water partition coefficient (Wildman–Crippen LogP) is 1.16. The summed E-state index contributed by atoms with van der Waals surface area (Å²) in [5.74, 6) is -10.7. The maximum atomic E-state index is 12.2. The minimum absolute atomic E-state index is 0.369. The van der Waals surface area contributed by atoms with Gasteiger partial charge in [0, 0.05) is 6.08 Å². The van der Waals surface area contributed by atoms with Crippen LogP contribution in [0.25, 0.3) is 0 Å². The molecular weight excluding hydrogens is 193 g/mol. The first-order valence-electron chi connectivity index (χ1n) is 2.75. The van der Waals surface area contributed by atoms with Crippen LogP contribution in [-0.4, -0.2) is 22.2 Å². The van der Waals surface area contributed by atoms with E-state index in [1.165, 1.54) is 0 Å². The molecule has 0 rings (SSSR count). The van der Waals surface area contributed by atoms with Gasteiger partial charge >= 0.3 is 11.9 Å². The van der Waals surface area contributed by atoms with Crippen molar-refractivity contribution in [3.05, 3.63) is 23.6 Å². The van der Waals surface area contributed by atoms with Gasteiger partial charge in [0.1, 0.15) is 0 Å². The van der Waals surface area contributed by atoms with Gasteiger partial charge in [-0.3, -0.25) is 0 Å². The normalized spacial score (nSPS) is 13.6. The number of aliphatic carboxylic acids is 2. The van der Waals surface area contributed by atoms with Gasteiger partial charge in [0.2, 0.25) is 11.7 Å². The van der Waals surface area contributed by atoms with E-state index < -0.39 is 29.4 Å². The van der Waals surface area contributed by atoms with Gasteiger partial charge in [-0.1, -0.05) is 0 Å². The number of hydrogen-bond donors (Lipinski definition) is 2. The number of hydrogen-bond acceptors (Lipinski definition) is 2. The van der Waals surface area contributed by atoms with Crippen LogP contribution in [0.2, 0.25) is 0 Å². The second-order valence-corrected chi connectivity index (χ2v) is 1.76. The zero-order chi connectivity index (χ0) is 10.6. The molecular formula is C6H3F3O4. The molecule has 0 saturated carbocycles. The van der Waals surface area contributed by atoms with Crippen LogP contribution >= 0.6 is 0 Å². The maximum absolute atomic E-state index is 12.2. The molecule has 0 unspecified atom stereocenters. The average Bonchev–Trinajstić information content (AvgIpc) is 2.02. The maximum Gasteiger partial charge on any atom is 0.367 e. The van der Waals surface area contributed by atoms with Crippen LogP contribution in [0.3, 0.4) is 0 Å². The summed E-state index contributed by atoms with van der Waals surface area (Å²) >= 11 is 0. The third-order valence-corrected chi connectivity index (χ3v) is 0.855. The van der Waals surface area contributed by atoms with E-state index in [2.05, 4.69) is 0 Å². The molecule has 2 N–H and O–H groups in total. The first kappa shape index (κ1) is 11.2. The molecule has 0 aromatic heterocycles. The summed E-state index contributed by atoms with van der Waals surface area (Å²) in [5.41, 5.74) is 0. The van der Waals surface area contributed by atoms with Gasteiger partial charge < -0.3 is 10.2 Å². The number of carboxylic acids is 2. The zero-order valence-corrected chi connectivity index (χ0v) is 5.92. The smallest absolute Gasteiger partial charge is 0.367 e. The monoisotopic (exact) mass is 196 g/mol. The highest BCUT2D eigenvalue weighted by atomic mass is 19.2.